The van der Waals surface area contributed by atoms with E-state index in [4.69, 9.17) is 4.74 Å². The Labute approximate surface area is 108 Å². The van der Waals surface area contributed by atoms with Crippen LogP contribution in [0.15, 0.2) is 47.3 Å². The largest absolute Gasteiger partial charge is 0.438 e. The number of para-hydroxylation sites is 1. The van der Waals surface area contributed by atoms with E-state index in [1.54, 1.807) is 6.07 Å². The van der Waals surface area contributed by atoms with Gasteiger partial charge in [-0.25, -0.2) is 9.97 Å². The Morgan fingerprint density at radius 1 is 1.24 bits per heavy atom. The molecule has 0 atom stereocenters. The molecule has 0 saturated heterocycles. The number of allylic oxidation sites excluding steroid dienone is 1. The molecule has 0 N–H and O–H groups in total. The van der Waals surface area contributed by atoms with Crippen LogP contribution in [0.1, 0.15) is 12.5 Å². The topological polar surface area (TPSA) is 35.0 Å². The van der Waals surface area contributed by atoms with Crippen molar-refractivity contribution in [2.45, 2.75) is 6.92 Å². The van der Waals surface area contributed by atoms with E-state index in [0.29, 0.717) is 10.5 Å². The molecule has 1 aromatic carbocycles. The molecule has 2 rings (SSSR count). The standard InChI is InChI=1S/C13H11BrN2O/c1-2-5-10-6-3-4-7-11(10)17-13-8-12(14)15-9-16-13/h2-9H,1H3/b5-2+. The van der Waals surface area contributed by atoms with Gasteiger partial charge in [-0.1, -0.05) is 30.4 Å². The number of halogens is 1. The molecule has 0 aliphatic carbocycles. The zero-order chi connectivity index (χ0) is 12.1. The van der Waals surface area contributed by atoms with Crippen molar-refractivity contribution in [3.63, 3.8) is 0 Å². The molecule has 1 heterocycles. The molecule has 0 fully saturated rings. The molecule has 1 aromatic heterocycles. The zero-order valence-electron chi connectivity index (χ0n) is 9.30. The summed E-state index contributed by atoms with van der Waals surface area (Å²) < 4.78 is 6.41. The van der Waals surface area contributed by atoms with Crippen LogP contribution in [-0.4, -0.2) is 9.97 Å². The molecular weight excluding hydrogens is 280 g/mol. The fraction of sp³-hybridized carbons (Fsp3) is 0.0769. The summed E-state index contributed by atoms with van der Waals surface area (Å²) in [6.07, 6.45) is 5.42. The van der Waals surface area contributed by atoms with Gasteiger partial charge in [0.15, 0.2) is 0 Å². The summed E-state index contributed by atoms with van der Waals surface area (Å²) in [6.45, 7) is 1.97. The maximum Gasteiger partial charge on any atom is 0.223 e. The molecule has 0 bridgehead atoms. The van der Waals surface area contributed by atoms with Crippen molar-refractivity contribution in [3.05, 3.63) is 52.9 Å². The Kier molecular flexibility index (Phi) is 3.88. The average Bonchev–Trinajstić information content (AvgIpc) is 2.32. The third-order valence-corrected chi connectivity index (χ3v) is 2.52. The first kappa shape index (κ1) is 11.8. The first-order chi connectivity index (χ1) is 8.29. The van der Waals surface area contributed by atoms with Gasteiger partial charge in [0, 0.05) is 11.6 Å². The first-order valence-electron chi connectivity index (χ1n) is 5.16. The van der Waals surface area contributed by atoms with Crippen LogP contribution < -0.4 is 4.74 Å². The summed E-state index contributed by atoms with van der Waals surface area (Å²) in [4.78, 5) is 8.00. The van der Waals surface area contributed by atoms with Gasteiger partial charge in [-0.15, -0.1) is 0 Å². The van der Waals surface area contributed by atoms with Crippen LogP contribution in [0.2, 0.25) is 0 Å². The lowest BCUT2D eigenvalue weighted by molar-refractivity contribution is 0.460. The van der Waals surface area contributed by atoms with Crippen molar-refractivity contribution >= 4 is 22.0 Å². The van der Waals surface area contributed by atoms with E-state index in [1.165, 1.54) is 6.33 Å². The highest BCUT2D eigenvalue weighted by atomic mass is 79.9. The molecule has 3 nitrogen and oxygen atoms in total. The van der Waals surface area contributed by atoms with E-state index in [-0.39, 0.29) is 0 Å². The van der Waals surface area contributed by atoms with Crippen LogP contribution in [0, 0.1) is 0 Å². The van der Waals surface area contributed by atoms with Gasteiger partial charge in [-0.05, 0) is 28.9 Å². The number of benzene rings is 1. The van der Waals surface area contributed by atoms with Crippen molar-refractivity contribution < 1.29 is 4.74 Å². The van der Waals surface area contributed by atoms with Crippen LogP contribution in [-0.2, 0) is 0 Å². The van der Waals surface area contributed by atoms with Gasteiger partial charge in [-0.2, -0.15) is 0 Å². The number of ether oxygens (including phenoxy) is 1. The molecule has 0 radical (unpaired) electrons. The lowest BCUT2D eigenvalue weighted by atomic mass is 10.2. The van der Waals surface area contributed by atoms with Crippen LogP contribution >= 0.6 is 15.9 Å². The molecule has 0 spiro atoms. The molecule has 0 aliphatic rings. The Bertz CT molecular complexity index is 540. The van der Waals surface area contributed by atoms with Gasteiger partial charge in [0.1, 0.15) is 16.7 Å². The van der Waals surface area contributed by atoms with E-state index >= 15 is 0 Å². The lowest BCUT2D eigenvalue weighted by Gasteiger charge is -2.07. The minimum Gasteiger partial charge on any atom is -0.438 e. The van der Waals surface area contributed by atoms with Gasteiger partial charge >= 0.3 is 0 Å². The average molecular weight is 291 g/mol. The minimum absolute atomic E-state index is 0.517. The number of nitrogens with zero attached hydrogens (tertiary/aromatic N) is 2. The molecular formula is C13H11BrN2O. The number of rotatable bonds is 3. The van der Waals surface area contributed by atoms with Crippen molar-refractivity contribution in [1.29, 1.82) is 0 Å². The van der Waals surface area contributed by atoms with Crippen LogP contribution in [0.4, 0.5) is 0 Å². The summed E-state index contributed by atoms with van der Waals surface area (Å²) in [5.41, 5.74) is 1.02. The van der Waals surface area contributed by atoms with Gasteiger partial charge in [0.25, 0.3) is 0 Å². The molecule has 0 saturated carbocycles. The number of hydrogen-bond acceptors (Lipinski definition) is 3. The second-order valence-corrected chi connectivity index (χ2v) is 4.13. The second-order valence-electron chi connectivity index (χ2n) is 3.32. The Balaban J connectivity index is 2.29. The fourth-order valence-corrected chi connectivity index (χ4v) is 1.66. The molecule has 86 valence electrons. The van der Waals surface area contributed by atoms with E-state index in [2.05, 4.69) is 25.9 Å². The summed E-state index contributed by atoms with van der Waals surface area (Å²) >= 11 is 3.28. The third-order valence-electron chi connectivity index (χ3n) is 2.09. The van der Waals surface area contributed by atoms with Gasteiger partial charge in [0.05, 0.1) is 0 Å². The second kappa shape index (κ2) is 5.59. The zero-order valence-corrected chi connectivity index (χ0v) is 10.9. The molecule has 17 heavy (non-hydrogen) atoms. The predicted molar refractivity (Wildman–Crippen MR) is 71.0 cm³/mol. The smallest absolute Gasteiger partial charge is 0.223 e. The van der Waals surface area contributed by atoms with E-state index in [1.807, 2.05) is 43.3 Å². The summed E-state index contributed by atoms with van der Waals surface area (Å²) in [5.74, 6) is 1.29. The predicted octanol–water partition coefficient (Wildman–Crippen LogP) is 4.06. The van der Waals surface area contributed by atoms with Crippen LogP contribution in [0.5, 0.6) is 11.6 Å². The maximum atomic E-state index is 5.71. The molecule has 0 aliphatic heterocycles. The lowest BCUT2D eigenvalue weighted by Crippen LogP contribution is -1.90. The van der Waals surface area contributed by atoms with Crippen molar-refractivity contribution in [3.8, 4) is 11.6 Å². The van der Waals surface area contributed by atoms with E-state index in [9.17, 15) is 0 Å². The highest BCUT2D eigenvalue weighted by Gasteiger charge is 2.03. The highest BCUT2D eigenvalue weighted by Crippen LogP contribution is 2.25. The van der Waals surface area contributed by atoms with Crippen LogP contribution in [0.25, 0.3) is 6.08 Å². The van der Waals surface area contributed by atoms with E-state index in [0.717, 1.165) is 11.3 Å². The van der Waals surface area contributed by atoms with Gasteiger partial charge < -0.3 is 4.74 Å². The first-order valence-corrected chi connectivity index (χ1v) is 5.96. The van der Waals surface area contributed by atoms with E-state index < -0.39 is 0 Å². The van der Waals surface area contributed by atoms with Crippen LogP contribution in [0.3, 0.4) is 0 Å². The normalized spacial score (nSPS) is 10.7. The Morgan fingerprint density at radius 3 is 2.82 bits per heavy atom. The summed E-state index contributed by atoms with van der Waals surface area (Å²) in [7, 11) is 0. The molecule has 0 unspecified atom stereocenters. The summed E-state index contributed by atoms with van der Waals surface area (Å²) in [5, 5.41) is 0. The molecule has 0 amide bonds. The fourth-order valence-electron chi connectivity index (χ4n) is 1.38. The van der Waals surface area contributed by atoms with Gasteiger partial charge in [0.2, 0.25) is 5.88 Å². The molecule has 4 heteroatoms. The Hall–Kier alpha value is -1.68. The van der Waals surface area contributed by atoms with Crippen molar-refractivity contribution in [2.24, 2.45) is 0 Å². The molecule has 2 aromatic rings. The monoisotopic (exact) mass is 290 g/mol. The quantitative estimate of drug-likeness (QED) is 0.800. The van der Waals surface area contributed by atoms with Crippen molar-refractivity contribution in [2.75, 3.05) is 0 Å². The minimum atomic E-state index is 0.517. The number of aromatic nitrogens is 2. The summed E-state index contributed by atoms with van der Waals surface area (Å²) in [6, 6.07) is 9.53. The maximum absolute atomic E-state index is 5.71. The third kappa shape index (κ3) is 3.14. The SMILES string of the molecule is C/C=C/c1ccccc1Oc1cc(Br)ncn1. The van der Waals surface area contributed by atoms with Gasteiger partial charge in [-0.3, -0.25) is 0 Å². The van der Waals surface area contributed by atoms with Crippen molar-refractivity contribution in [1.82, 2.24) is 9.97 Å². The highest BCUT2D eigenvalue weighted by molar-refractivity contribution is 9.10. The Morgan fingerprint density at radius 2 is 2.06 bits per heavy atom. The number of hydrogen-bond donors (Lipinski definition) is 0.